The maximum atomic E-state index is 10.1. The summed E-state index contributed by atoms with van der Waals surface area (Å²) in [5.41, 5.74) is 2.13. The highest BCUT2D eigenvalue weighted by molar-refractivity contribution is 5.13. The van der Waals surface area contributed by atoms with E-state index in [0.29, 0.717) is 11.3 Å². The molecule has 1 nitrogen and oxygen atoms in total. The minimum absolute atomic E-state index is 0.114. The number of rotatable bonds is 2. The topological polar surface area (TPSA) is 20.2 Å². The number of aliphatic hydroxyl groups is 1. The van der Waals surface area contributed by atoms with Crippen molar-refractivity contribution >= 4 is 0 Å². The van der Waals surface area contributed by atoms with Gasteiger partial charge in [-0.3, -0.25) is 0 Å². The molecule has 6 atom stereocenters. The van der Waals surface area contributed by atoms with Crippen LogP contribution in [0.1, 0.15) is 65.7 Å². The van der Waals surface area contributed by atoms with Crippen LogP contribution in [0.3, 0.4) is 0 Å². The quantitative estimate of drug-likeness (QED) is 0.723. The van der Waals surface area contributed by atoms with Gasteiger partial charge in [0.15, 0.2) is 0 Å². The van der Waals surface area contributed by atoms with Gasteiger partial charge in [-0.2, -0.15) is 0 Å². The van der Waals surface area contributed by atoms with E-state index in [4.69, 9.17) is 0 Å². The molecule has 0 aliphatic heterocycles. The molecule has 0 amide bonds. The second-order valence-corrected chi connectivity index (χ2v) is 7.66. The van der Waals surface area contributed by atoms with Crippen molar-refractivity contribution in [3.63, 3.8) is 0 Å². The molecule has 0 aromatic rings. The molecule has 0 saturated heterocycles. The molecular weight excluding hydrogens is 232 g/mol. The van der Waals surface area contributed by atoms with E-state index in [1.807, 2.05) is 6.92 Å². The Morgan fingerprint density at radius 2 is 2.16 bits per heavy atom. The van der Waals surface area contributed by atoms with Gasteiger partial charge in [0, 0.05) is 0 Å². The molecule has 1 heteroatoms. The molecule has 0 spiro atoms. The molecule has 0 aromatic carbocycles. The molecule has 0 heterocycles. The van der Waals surface area contributed by atoms with Crippen molar-refractivity contribution in [2.45, 2.75) is 71.8 Å². The summed E-state index contributed by atoms with van der Waals surface area (Å²) in [6.07, 6.45) is 11.7. The lowest BCUT2D eigenvalue weighted by Gasteiger charge is -2.50. The van der Waals surface area contributed by atoms with Crippen LogP contribution in [0, 0.1) is 29.1 Å². The Morgan fingerprint density at radius 1 is 1.37 bits per heavy atom. The first-order valence-electron chi connectivity index (χ1n) is 8.42. The van der Waals surface area contributed by atoms with E-state index in [9.17, 15) is 5.11 Å². The molecule has 3 aliphatic rings. The lowest BCUT2D eigenvalue weighted by atomic mass is 9.55. The van der Waals surface area contributed by atoms with E-state index in [2.05, 4.69) is 19.9 Å². The summed E-state index contributed by atoms with van der Waals surface area (Å²) in [6.45, 7) is 6.80. The van der Waals surface area contributed by atoms with Gasteiger partial charge in [0.2, 0.25) is 0 Å². The summed E-state index contributed by atoms with van der Waals surface area (Å²) in [6, 6.07) is 0. The fourth-order valence-corrected chi connectivity index (χ4v) is 5.82. The Morgan fingerprint density at radius 3 is 2.84 bits per heavy atom. The van der Waals surface area contributed by atoms with Gasteiger partial charge in [0.1, 0.15) is 0 Å². The average Bonchev–Trinajstić information content (AvgIpc) is 2.75. The molecule has 0 aromatic heterocycles. The Labute approximate surface area is 118 Å². The van der Waals surface area contributed by atoms with Gasteiger partial charge in [-0.15, -0.1) is 0 Å². The number of fused-ring (bicyclic) bond motifs is 3. The molecule has 2 saturated carbocycles. The van der Waals surface area contributed by atoms with Crippen molar-refractivity contribution in [1.29, 1.82) is 0 Å². The highest BCUT2D eigenvalue weighted by Crippen LogP contribution is 2.62. The molecule has 108 valence electrons. The lowest BCUT2D eigenvalue weighted by molar-refractivity contribution is -0.0293. The molecule has 3 rings (SSSR count). The van der Waals surface area contributed by atoms with Crippen LogP contribution in [0.5, 0.6) is 0 Å². The second-order valence-electron chi connectivity index (χ2n) is 7.66. The Bertz CT molecular complexity index is 370. The fourth-order valence-electron chi connectivity index (χ4n) is 5.82. The third-order valence-corrected chi connectivity index (χ3v) is 6.90. The van der Waals surface area contributed by atoms with Crippen LogP contribution in [0.4, 0.5) is 0 Å². The summed E-state index contributed by atoms with van der Waals surface area (Å²) < 4.78 is 0. The molecule has 0 radical (unpaired) electrons. The summed E-state index contributed by atoms with van der Waals surface area (Å²) in [7, 11) is 0. The van der Waals surface area contributed by atoms with Crippen molar-refractivity contribution < 1.29 is 5.11 Å². The Balaban J connectivity index is 1.82. The SMILES string of the molecule is CCC1=CCC2C(CC[C@@]3(C)C2CC[C@@H]3[C@H](C)O)C1. The predicted octanol–water partition coefficient (Wildman–Crippen LogP) is 4.56. The first-order valence-corrected chi connectivity index (χ1v) is 8.42. The van der Waals surface area contributed by atoms with E-state index in [1.54, 1.807) is 5.57 Å². The summed E-state index contributed by atoms with van der Waals surface area (Å²) in [5.74, 6) is 3.29. The van der Waals surface area contributed by atoms with Crippen LogP contribution in [0.25, 0.3) is 0 Å². The number of aliphatic hydroxyl groups excluding tert-OH is 1. The van der Waals surface area contributed by atoms with Crippen LogP contribution in [-0.4, -0.2) is 11.2 Å². The van der Waals surface area contributed by atoms with Gasteiger partial charge in [-0.25, -0.2) is 0 Å². The maximum Gasteiger partial charge on any atom is 0.0545 e. The maximum absolute atomic E-state index is 10.1. The molecule has 1 N–H and O–H groups in total. The van der Waals surface area contributed by atoms with Gasteiger partial charge in [0.25, 0.3) is 0 Å². The van der Waals surface area contributed by atoms with Crippen LogP contribution in [0.15, 0.2) is 11.6 Å². The van der Waals surface area contributed by atoms with Crippen molar-refractivity contribution in [3.05, 3.63) is 11.6 Å². The zero-order chi connectivity index (χ0) is 13.6. The van der Waals surface area contributed by atoms with E-state index >= 15 is 0 Å². The van der Waals surface area contributed by atoms with E-state index in [-0.39, 0.29) is 6.10 Å². The monoisotopic (exact) mass is 262 g/mol. The van der Waals surface area contributed by atoms with Gasteiger partial charge >= 0.3 is 0 Å². The van der Waals surface area contributed by atoms with Crippen LogP contribution >= 0.6 is 0 Å². The van der Waals surface area contributed by atoms with Gasteiger partial charge < -0.3 is 5.11 Å². The third kappa shape index (κ3) is 2.09. The Kier molecular flexibility index (Phi) is 3.53. The molecule has 19 heavy (non-hydrogen) atoms. The first-order chi connectivity index (χ1) is 9.06. The molecule has 3 aliphatic carbocycles. The number of hydrogen-bond donors (Lipinski definition) is 1. The van der Waals surface area contributed by atoms with Gasteiger partial charge in [0.05, 0.1) is 6.10 Å². The predicted molar refractivity (Wildman–Crippen MR) is 79.8 cm³/mol. The highest BCUT2D eigenvalue weighted by Gasteiger charge is 2.54. The average molecular weight is 262 g/mol. The summed E-state index contributed by atoms with van der Waals surface area (Å²) in [5, 5.41) is 10.1. The normalized spacial score (nSPS) is 47.3. The summed E-state index contributed by atoms with van der Waals surface area (Å²) in [4.78, 5) is 0. The zero-order valence-electron chi connectivity index (χ0n) is 12.9. The first kappa shape index (κ1) is 13.7. The van der Waals surface area contributed by atoms with Gasteiger partial charge in [-0.1, -0.05) is 25.5 Å². The van der Waals surface area contributed by atoms with Crippen LogP contribution < -0.4 is 0 Å². The number of allylic oxidation sites excluding steroid dienone is 2. The largest absolute Gasteiger partial charge is 0.393 e. The lowest BCUT2D eigenvalue weighted by Crippen LogP contribution is -2.44. The van der Waals surface area contributed by atoms with Crippen LogP contribution in [-0.2, 0) is 0 Å². The van der Waals surface area contributed by atoms with Crippen molar-refractivity contribution in [2.75, 3.05) is 0 Å². The Hall–Kier alpha value is -0.300. The van der Waals surface area contributed by atoms with Crippen LogP contribution in [0.2, 0.25) is 0 Å². The molecular formula is C18H30O. The minimum atomic E-state index is -0.114. The van der Waals surface area contributed by atoms with Crippen molar-refractivity contribution in [1.82, 2.24) is 0 Å². The molecule has 3 unspecified atom stereocenters. The molecule has 0 bridgehead atoms. The smallest absolute Gasteiger partial charge is 0.0545 e. The van der Waals surface area contributed by atoms with E-state index in [0.717, 1.165) is 17.8 Å². The molecule has 2 fully saturated rings. The fraction of sp³-hybridized carbons (Fsp3) is 0.889. The zero-order valence-corrected chi connectivity index (χ0v) is 12.9. The second kappa shape index (κ2) is 4.91. The van der Waals surface area contributed by atoms with Crippen molar-refractivity contribution in [2.24, 2.45) is 29.1 Å². The standard InChI is InChI=1S/C18H30O/c1-4-13-5-6-15-14(11-13)9-10-18(3)16(12(2)19)7-8-17(15)18/h5,12,14-17,19H,4,6-11H2,1-3H3/t12-,14?,15?,16+,17?,18+/m0/s1. The van der Waals surface area contributed by atoms with E-state index in [1.165, 1.54) is 44.9 Å². The third-order valence-electron chi connectivity index (χ3n) is 6.90. The van der Waals surface area contributed by atoms with Crippen molar-refractivity contribution in [3.8, 4) is 0 Å². The van der Waals surface area contributed by atoms with Gasteiger partial charge in [-0.05, 0) is 81.0 Å². The minimum Gasteiger partial charge on any atom is -0.393 e. The number of hydrogen-bond acceptors (Lipinski definition) is 1. The highest BCUT2D eigenvalue weighted by atomic mass is 16.3. The summed E-state index contributed by atoms with van der Waals surface area (Å²) >= 11 is 0. The van der Waals surface area contributed by atoms with E-state index < -0.39 is 0 Å².